The summed E-state index contributed by atoms with van der Waals surface area (Å²) in [5.41, 5.74) is 4.12. The third-order valence-corrected chi connectivity index (χ3v) is 7.06. The summed E-state index contributed by atoms with van der Waals surface area (Å²) < 4.78 is 4.46. The zero-order chi connectivity index (χ0) is 28.4. The molecule has 2 aromatic heterocycles. The average molecular weight is 544 g/mol. The van der Waals surface area contributed by atoms with Crippen LogP contribution in [0.5, 0.6) is 0 Å². The van der Waals surface area contributed by atoms with Crippen LogP contribution in [0.4, 0.5) is 17.1 Å². The lowest BCUT2D eigenvalue weighted by Gasteiger charge is -2.11. The number of anilines is 1. The Balaban J connectivity index is 1.26. The van der Waals surface area contributed by atoms with Crippen molar-refractivity contribution in [2.45, 2.75) is 52.6 Å². The van der Waals surface area contributed by atoms with Gasteiger partial charge in [-0.2, -0.15) is 0 Å². The Bertz CT molecular complexity index is 1720. The fourth-order valence-electron chi connectivity index (χ4n) is 4.70. The molecule has 0 spiro atoms. The second kappa shape index (κ2) is 13.6. The van der Waals surface area contributed by atoms with Gasteiger partial charge in [0.2, 0.25) is 0 Å². The molecule has 0 aliphatic heterocycles. The van der Waals surface area contributed by atoms with Crippen molar-refractivity contribution >= 4 is 33.9 Å². The molecular weight excluding hydrogens is 506 g/mol. The zero-order valence-electron chi connectivity index (χ0n) is 23.8. The van der Waals surface area contributed by atoms with Crippen LogP contribution in [-0.4, -0.2) is 15.0 Å². The van der Waals surface area contributed by atoms with Gasteiger partial charge in [0, 0.05) is 48.3 Å². The highest BCUT2D eigenvalue weighted by molar-refractivity contribution is 6.04. The quantitative estimate of drug-likeness (QED) is 0.192. The highest BCUT2D eigenvalue weighted by Crippen LogP contribution is 2.19. The topological polar surface area (TPSA) is 63.7 Å². The minimum atomic E-state index is -0.164. The lowest BCUT2D eigenvalue weighted by atomic mass is 10.1. The second-order valence-corrected chi connectivity index (χ2v) is 10.2. The summed E-state index contributed by atoms with van der Waals surface area (Å²) in [7, 11) is 0. The molecule has 6 heteroatoms. The first-order valence-electron chi connectivity index (χ1n) is 14.5. The molecule has 0 bridgehead atoms. The first-order chi connectivity index (χ1) is 20.1. The summed E-state index contributed by atoms with van der Waals surface area (Å²) in [5, 5.41) is 5.91. The van der Waals surface area contributed by atoms with Crippen LogP contribution in [0.3, 0.4) is 0 Å². The lowest BCUT2D eigenvalue weighted by Crippen LogP contribution is -2.11. The smallest absolute Gasteiger partial charge is 0.255 e. The number of unbranched alkanes of at least 4 members (excludes halogenated alkanes) is 2. The Morgan fingerprint density at radius 2 is 1.37 bits per heavy atom. The molecule has 0 aliphatic carbocycles. The van der Waals surface area contributed by atoms with Crippen LogP contribution in [0, 0.1) is 0 Å². The molecule has 1 amide bonds. The minimum Gasteiger partial charge on any atom is -0.354 e. The van der Waals surface area contributed by atoms with E-state index < -0.39 is 0 Å². The molecule has 0 atom stereocenters. The summed E-state index contributed by atoms with van der Waals surface area (Å²) in [6.07, 6.45) is 10.9. The van der Waals surface area contributed by atoms with Gasteiger partial charge in [-0.3, -0.25) is 4.79 Å². The van der Waals surface area contributed by atoms with Crippen molar-refractivity contribution in [2.24, 2.45) is 9.98 Å². The predicted octanol–water partition coefficient (Wildman–Crippen LogP) is 7.76. The molecule has 0 saturated heterocycles. The Morgan fingerprint density at radius 1 is 0.707 bits per heavy atom. The average Bonchev–Trinajstić information content (AvgIpc) is 3.01. The summed E-state index contributed by atoms with van der Waals surface area (Å²) in [6, 6.07) is 29.4. The van der Waals surface area contributed by atoms with E-state index in [1.807, 2.05) is 66.7 Å². The van der Waals surface area contributed by atoms with E-state index in [1.54, 1.807) is 0 Å². The number of hydrogen-bond donors (Lipinski definition) is 1. The van der Waals surface area contributed by atoms with Gasteiger partial charge >= 0.3 is 0 Å². The highest BCUT2D eigenvalue weighted by atomic mass is 16.1. The number of rotatable bonds is 10. The number of amides is 1. The Kier molecular flexibility index (Phi) is 9.22. The molecule has 1 N–H and O–H groups in total. The predicted molar refractivity (Wildman–Crippen MR) is 167 cm³/mol. The van der Waals surface area contributed by atoms with Crippen LogP contribution in [-0.2, 0) is 13.1 Å². The first-order valence-corrected chi connectivity index (χ1v) is 14.5. The van der Waals surface area contributed by atoms with E-state index >= 15 is 0 Å². The van der Waals surface area contributed by atoms with Gasteiger partial charge in [-0.25, -0.2) is 9.98 Å². The van der Waals surface area contributed by atoms with E-state index in [0.29, 0.717) is 5.56 Å². The number of pyridine rings is 2. The fourth-order valence-corrected chi connectivity index (χ4v) is 4.70. The molecule has 6 nitrogen and oxygen atoms in total. The molecule has 0 radical (unpaired) electrons. The number of para-hydroxylation sites is 1. The molecule has 0 unspecified atom stereocenters. The first kappa shape index (κ1) is 27.8. The Hall–Kier alpha value is -4.71. The van der Waals surface area contributed by atoms with Crippen molar-refractivity contribution in [1.29, 1.82) is 0 Å². The minimum absolute atomic E-state index is 0.164. The molecule has 0 aliphatic rings. The van der Waals surface area contributed by atoms with Crippen molar-refractivity contribution in [2.75, 3.05) is 5.32 Å². The number of hydrogen-bond acceptors (Lipinski definition) is 3. The van der Waals surface area contributed by atoms with Gasteiger partial charge < -0.3 is 14.5 Å². The normalized spacial score (nSPS) is 11.5. The second-order valence-electron chi connectivity index (χ2n) is 10.2. The molecule has 208 valence electrons. The lowest BCUT2D eigenvalue weighted by molar-refractivity contribution is 0.102. The van der Waals surface area contributed by atoms with Crippen molar-refractivity contribution in [3.63, 3.8) is 0 Å². The maximum absolute atomic E-state index is 12.9. The molecular formula is C35H37N5O. The van der Waals surface area contributed by atoms with Gasteiger partial charge in [-0.05, 0) is 85.6 Å². The summed E-state index contributed by atoms with van der Waals surface area (Å²) in [5.74, 6) is -0.164. The van der Waals surface area contributed by atoms with Crippen LogP contribution >= 0.6 is 0 Å². The summed E-state index contributed by atoms with van der Waals surface area (Å²) in [4.78, 5) is 22.5. The van der Waals surface area contributed by atoms with E-state index in [0.717, 1.165) is 65.5 Å². The number of aryl methyl sites for hydroxylation is 2. The molecule has 3 aromatic carbocycles. The van der Waals surface area contributed by atoms with Gasteiger partial charge in [-0.1, -0.05) is 44.9 Å². The van der Waals surface area contributed by atoms with Crippen molar-refractivity contribution in [3.8, 4) is 0 Å². The Morgan fingerprint density at radius 3 is 2.10 bits per heavy atom. The van der Waals surface area contributed by atoms with Crippen LogP contribution in [0.2, 0.25) is 0 Å². The van der Waals surface area contributed by atoms with E-state index in [2.05, 4.69) is 76.1 Å². The van der Waals surface area contributed by atoms with Crippen molar-refractivity contribution in [3.05, 3.63) is 126 Å². The standard InChI is InChI=1S/C35H37N5O/c1-3-5-22-39-24-19-31(20-25-39)36-28-15-17-30(18-16-28)38-35(41)27-11-13-29(14-12-27)37-33-21-26-40(23-6-4-2)34-10-8-7-9-32(33)34/h7-21,24-26H,3-6,22-23H2,1-2H3,(H,38,41). The number of benzene rings is 3. The van der Waals surface area contributed by atoms with E-state index in [4.69, 9.17) is 4.99 Å². The van der Waals surface area contributed by atoms with Gasteiger partial charge in [-0.15, -0.1) is 0 Å². The largest absolute Gasteiger partial charge is 0.354 e. The molecule has 41 heavy (non-hydrogen) atoms. The maximum atomic E-state index is 12.9. The summed E-state index contributed by atoms with van der Waals surface area (Å²) in [6.45, 7) is 6.41. The third-order valence-electron chi connectivity index (χ3n) is 7.06. The Labute approximate surface area is 241 Å². The van der Waals surface area contributed by atoms with Crippen molar-refractivity contribution in [1.82, 2.24) is 9.13 Å². The zero-order valence-corrected chi connectivity index (χ0v) is 23.8. The van der Waals surface area contributed by atoms with Gasteiger partial charge in [0.15, 0.2) is 0 Å². The number of carbonyl (C=O) groups excluding carboxylic acids is 1. The van der Waals surface area contributed by atoms with E-state index in [1.165, 1.54) is 11.9 Å². The van der Waals surface area contributed by atoms with Gasteiger partial charge in [0.1, 0.15) is 0 Å². The molecule has 0 saturated carbocycles. The maximum Gasteiger partial charge on any atom is 0.255 e. The number of fused-ring (bicyclic) bond motifs is 1. The SMILES string of the molecule is CCCCn1ccc(=Nc2ccc(NC(=O)c3ccc(N=c4ccn(CCCC)c5ccccc45)cc3)cc2)cc1. The van der Waals surface area contributed by atoms with Crippen LogP contribution in [0.1, 0.15) is 49.9 Å². The number of aromatic nitrogens is 2. The summed E-state index contributed by atoms with van der Waals surface area (Å²) >= 11 is 0. The van der Waals surface area contributed by atoms with E-state index in [9.17, 15) is 4.79 Å². The number of nitrogens with zero attached hydrogens (tertiary/aromatic N) is 4. The van der Waals surface area contributed by atoms with Crippen molar-refractivity contribution < 1.29 is 4.79 Å². The third kappa shape index (κ3) is 7.28. The van der Waals surface area contributed by atoms with Crippen LogP contribution in [0.25, 0.3) is 10.9 Å². The number of nitrogens with one attached hydrogen (secondary N) is 1. The van der Waals surface area contributed by atoms with Gasteiger partial charge in [0.25, 0.3) is 5.91 Å². The monoisotopic (exact) mass is 543 g/mol. The van der Waals surface area contributed by atoms with Gasteiger partial charge in [0.05, 0.1) is 27.6 Å². The molecule has 5 rings (SSSR count). The highest BCUT2D eigenvalue weighted by Gasteiger charge is 2.07. The number of carbonyl (C=O) groups is 1. The van der Waals surface area contributed by atoms with Crippen LogP contribution < -0.4 is 16.0 Å². The molecule has 5 aromatic rings. The molecule has 2 heterocycles. The van der Waals surface area contributed by atoms with E-state index in [-0.39, 0.29) is 5.91 Å². The molecule has 0 fully saturated rings. The fraction of sp³-hybridized carbons (Fsp3) is 0.229. The van der Waals surface area contributed by atoms with Crippen LogP contribution in [0.15, 0.2) is 120 Å².